The van der Waals surface area contributed by atoms with Gasteiger partial charge in [-0.3, -0.25) is 0 Å². The van der Waals surface area contributed by atoms with Gasteiger partial charge in [0.25, 0.3) is 0 Å². The zero-order chi connectivity index (χ0) is 49.9. The van der Waals surface area contributed by atoms with E-state index in [1.807, 2.05) is 0 Å². The molecule has 12 aromatic carbocycles. The molecule has 1 aliphatic carbocycles. The molecule has 0 fully saturated rings. The van der Waals surface area contributed by atoms with E-state index in [0.717, 1.165) is 34.1 Å². The second-order valence-electron chi connectivity index (χ2n) is 19.7. The third-order valence-corrected chi connectivity index (χ3v) is 15.3. The predicted molar refractivity (Wildman–Crippen MR) is 316 cm³/mol. The van der Waals surface area contributed by atoms with Crippen LogP contribution in [-0.4, -0.2) is 0 Å². The Bertz CT molecular complexity index is 3740. The quantitative estimate of drug-likeness (QED) is 0.135. The fourth-order valence-electron chi connectivity index (χ4n) is 11.9. The average molecular weight is 947 g/mol. The van der Waals surface area contributed by atoms with E-state index in [9.17, 15) is 0 Å². The van der Waals surface area contributed by atoms with E-state index in [-0.39, 0.29) is 0 Å². The number of hydrogen-bond acceptors (Lipinski definition) is 2. The highest BCUT2D eigenvalue weighted by atomic mass is 15.2. The van der Waals surface area contributed by atoms with Crippen LogP contribution in [0.3, 0.4) is 0 Å². The summed E-state index contributed by atoms with van der Waals surface area (Å²) in [6.45, 7) is 8.88. The highest BCUT2D eigenvalue weighted by Gasteiger charge is 2.39. The SMILES string of the molecule is Cc1ccccc1N(c1ccc2c(-c3ccccc3)c3c(c(-c4ccccc4)c2c1)-c1c-3c(-c2ccccc2)c2ccc(N(c3ccccc3C)c3ccccc3C)cc2c1-c1ccccc1)c1ccccc1C. The normalized spacial score (nSPS) is 11.5. The number of aryl methyl sites for hydroxylation is 4. The molecule has 13 rings (SSSR count). The molecule has 0 saturated carbocycles. The number of anilines is 6. The Morgan fingerprint density at radius 1 is 0.203 bits per heavy atom. The highest BCUT2D eigenvalue weighted by Crippen LogP contribution is 2.66. The molecule has 0 N–H and O–H groups in total. The van der Waals surface area contributed by atoms with Crippen LogP contribution in [0, 0.1) is 27.7 Å². The highest BCUT2D eigenvalue weighted by molar-refractivity contribution is 6.33. The van der Waals surface area contributed by atoms with Crippen LogP contribution < -0.4 is 9.80 Å². The molecule has 2 nitrogen and oxygen atoms in total. The monoisotopic (exact) mass is 946 g/mol. The minimum Gasteiger partial charge on any atom is -0.310 e. The minimum atomic E-state index is 1.11. The van der Waals surface area contributed by atoms with Crippen molar-refractivity contribution in [2.45, 2.75) is 27.7 Å². The Labute approximate surface area is 434 Å². The zero-order valence-corrected chi connectivity index (χ0v) is 42.1. The maximum absolute atomic E-state index is 2.48. The molecule has 0 heterocycles. The van der Waals surface area contributed by atoms with E-state index >= 15 is 0 Å². The van der Waals surface area contributed by atoms with E-state index in [0.29, 0.717) is 0 Å². The summed E-state index contributed by atoms with van der Waals surface area (Å²) in [5, 5.41) is 4.87. The summed E-state index contributed by atoms with van der Waals surface area (Å²) in [6, 6.07) is 94.0. The topological polar surface area (TPSA) is 6.48 Å². The number of rotatable bonds is 10. The summed E-state index contributed by atoms with van der Waals surface area (Å²) in [5.74, 6) is 0. The van der Waals surface area contributed by atoms with Crippen LogP contribution in [-0.2, 0) is 0 Å². The van der Waals surface area contributed by atoms with Crippen molar-refractivity contribution in [1.29, 1.82) is 0 Å². The lowest BCUT2D eigenvalue weighted by Crippen LogP contribution is -2.14. The van der Waals surface area contributed by atoms with Gasteiger partial charge in [-0.1, -0.05) is 206 Å². The number of nitrogens with zero attached hydrogens (tertiary/aromatic N) is 2. The minimum absolute atomic E-state index is 1.11. The van der Waals surface area contributed by atoms with Gasteiger partial charge in [-0.15, -0.1) is 0 Å². The van der Waals surface area contributed by atoms with Gasteiger partial charge in [-0.25, -0.2) is 0 Å². The van der Waals surface area contributed by atoms with Gasteiger partial charge in [-0.05, 0) is 187 Å². The fraction of sp³-hybridized carbons (Fsp3) is 0.0556. The number of fused-ring (bicyclic) bond motifs is 6. The molecule has 0 aliphatic heterocycles. The first-order valence-electron chi connectivity index (χ1n) is 25.8. The van der Waals surface area contributed by atoms with Crippen molar-refractivity contribution in [1.82, 2.24) is 0 Å². The smallest absolute Gasteiger partial charge is 0.0490 e. The van der Waals surface area contributed by atoms with Crippen molar-refractivity contribution in [2.75, 3.05) is 9.80 Å². The molecule has 0 spiro atoms. The Morgan fingerprint density at radius 2 is 0.432 bits per heavy atom. The van der Waals surface area contributed by atoms with Crippen LogP contribution in [0.2, 0.25) is 0 Å². The summed E-state index contributed by atoms with van der Waals surface area (Å²) < 4.78 is 0. The zero-order valence-electron chi connectivity index (χ0n) is 42.1. The van der Waals surface area contributed by atoms with Crippen molar-refractivity contribution < 1.29 is 0 Å². The summed E-state index contributed by atoms with van der Waals surface area (Å²) in [6.07, 6.45) is 0. The van der Waals surface area contributed by atoms with Gasteiger partial charge in [0.15, 0.2) is 0 Å². The summed E-state index contributed by atoms with van der Waals surface area (Å²) >= 11 is 0. The van der Waals surface area contributed by atoms with Crippen LogP contribution in [0.5, 0.6) is 0 Å². The molecule has 2 heteroatoms. The van der Waals surface area contributed by atoms with Gasteiger partial charge in [-0.2, -0.15) is 0 Å². The maximum Gasteiger partial charge on any atom is 0.0490 e. The van der Waals surface area contributed by atoms with Gasteiger partial charge in [0, 0.05) is 34.1 Å². The molecule has 74 heavy (non-hydrogen) atoms. The Morgan fingerprint density at radius 3 is 0.689 bits per heavy atom. The van der Waals surface area contributed by atoms with Crippen molar-refractivity contribution in [3.05, 3.63) is 277 Å². The Hall–Kier alpha value is -9.24. The molecule has 0 atom stereocenters. The molecule has 0 saturated heterocycles. The summed E-state index contributed by atoms with van der Waals surface area (Å²) in [5.41, 5.74) is 26.6. The Kier molecular flexibility index (Phi) is 11.1. The van der Waals surface area contributed by atoms with Crippen LogP contribution in [0.25, 0.3) is 88.3 Å². The summed E-state index contributed by atoms with van der Waals surface area (Å²) in [4.78, 5) is 4.92. The summed E-state index contributed by atoms with van der Waals surface area (Å²) in [7, 11) is 0. The van der Waals surface area contributed by atoms with Gasteiger partial charge >= 0.3 is 0 Å². The van der Waals surface area contributed by atoms with E-state index in [4.69, 9.17) is 0 Å². The predicted octanol–water partition coefficient (Wildman–Crippen LogP) is 20.5. The van der Waals surface area contributed by atoms with E-state index in [2.05, 4.69) is 292 Å². The lowest BCUT2D eigenvalue weighted by atomic mass is 9.65. The Balaban J connectivity index is 1.21. The molecule has 352 valence electrons. The van der Waals surface area contributed by atoms with Crippen LogP contribution in [0.1, 0.15) is 22.3 Å². The molecule has 1 aliphatic rings. The van der Waals surface area contributed by atoms with Gasteiger partial charge in [0.1, 0.15) is 0 Å². The first kappa shape index (κ1) is 44.7. The van der Waals surface area contributed by atoms with Gasteiger partial charge in [0.05, 0.1) is 0 Å². The standard InChI is InChI=1S/C72H54N2/c1-47-25-17-21-37-61(47)73(62-38-22-18-26-48(62)2)55-41-43-57-59(45-55)67(53-33-13-7-14-34-53)71-69(65(57)51-29-9-5-10-30-51)70-66(52-31-11-6-12-32-52)58-44-42-56(46-60(58)68(72(70)71)54-35-15-8-16-36-54)74(63-39-23-19-27-49(63)3)64-40-24-20-28-50(64)4/h5-46H,1-4H3. The van der Waals surface area contributed by atoms with E-state index in [1.54, 1.807) is 0 Å². The molecule has 12 aromatic rings. The molecular formula is C72H54N2. The van der Waals surface area contributed by atoms with Crippen LogP contribution in [0.15, 0.2) is 255 Å². The van der Waals surface area contributed by atoms with Gasteiger partial charge < -0.3 is 9.80 Å². The lowest BCUT2D eigenvalue weighted by molar-refractivity contribution is 1.23. The second-order valence-corrected chi connectivity index (χ2v) is 19.7. The van der Waals surface area contributed by atoms with Crippen molar-refractivity contribution >= 4 is 55.7 Å². The second kappa shape index (κ2) is 18.4. The molecule has 0 bridgehead atoms. The maximum atomic E-state index is 2.48. The number of benzene rings is 12. The van der Waals surface area contributed by atoms with E-state index in [1.165, 1.54) is 111 Å². The number of para-hydroxylation sites is 4. The van der Waals surface area contributed by atoms with Crippen LogP contribution in [0.4, 0.5) is 34.1 Å². The van der Waals surface area contributed by atoms with Crippen molar-refractivity contribution in [3.63, 3.8) is 0 Å². The number of hydrogen-bond donors (Lipinski definition) is 0. The molecule has 0 radical (unpaired) electrons. The van der Waals surface area contributed by atoms with Crippen molar-refractivity contribution in [2.24, 2.45) is 0 Å². The van der Waals surface area contributed by atoms with Gasteiger partial charge in [0.2, 0.25) is 0 Å². The lowest BCUT2D eigenvalue weighted by Gasteiger charge is -2.38. The van der Waals surface area contributed by atoms with Crippen molar-refractivity contribution in [3.8, 4) is 66.8 Å². The third kappa shape index (κ3) is 7.33. The molecule has 0 unspecified atom stereocenters. The van der Waals surface area contributed by atoms with Crippen LogP contribution >= 0.6 is 0 Å². The molecular weight excluding hydrogens is 893 g/mol. The third-order valence-electron chi connectivity index (χ3n) is 15.3. The fourth-order valence-corrected chi connectivity index (χ4v) is 11.9. The first-order chi connectivity index (χ1) is 36.4. The molecule has 0 amide bonds. The average Bonchev–Trinajstić information content (AvgIpc) is 3.63. The largest absolute Gasteiger partial charge is 0.310 e. The van der Waals surface area contributed by atoms with E-state index < -0.39 is 0 Å². The first-order valence-corrected chi connectivity index (χ1v) is 25.8. The molecule has 0 aromatic heterocycles.